The van der Waals surface area contributed by atoms with Gasteiger partial charge in [-0.1, -0.05) is 191 Å². The van der Waals surface area contributed by atoms with E-state index in [0.29, 0.717) is 17.5 Å². The minimum Gasteiger partial charge on any atom is -0.309 e. The molecule has 12 rings (SSSR count). The molecule has 0 amide bonds. The van der Waals surface area contributed by atoms with Crippen molar-refractivity contribution in [1.82, 2.24) is 19.5 Å². The van der Waals surface area contributed by atoms with Crippen LogP contribution < -0.4 is 0 Å². The molecule has 0 spiro atoms. The van der Waals surface area contributed by atoms with Crippen LogP contribution in [-0.2, 0) is 10.8 Å². The summed E-state index contributed by atoms with van der Waals surface area (Å²) in [5.41, 5.74) is 14.0. The van der Waals surface area contributed by atoms with E-state index in [1.54, 1.807) is 0 Å². The maximum Gasteiger partial charge on any atom is 0.164 e. The monoisotopic (exact) mass is 836 g/mol. The molecule has 1 aliphatic rings. The first-order valence-electron chi connectivity index (χ1n) is 22.8. The highest BCUT2D eigenvalue weighted by atomic mass is 15.0. The standard InChI is InChI=1S/C61H48N4/c1-60(2)33-34-61(3,4)54-38-55-52(37-53(54)60)51-32-31-43-16-10-11-20-50(43)56(51)65(55)49-19-12-18-48(36-49)59-63-57(44-26-21-41(22-27-44)39-13-6-5-7-14-39)62-58(64-59)45-28-23-42(24-29-45)47-30-25-40-15-8-9-17-46(40)35-47/h5-32,35-38H,33-34H2,1-4H3. The van der Waals surface area contributed by atoms with Crippen molar-refractivity contribution in [3.63, 3.8) is 0 Å². The molecule has 0 saturated carbocycles. The van der Waals surface area contributed by atoms with Crippen LogP contribution in [-0.4, -0.2) is 19.5 Å². The lowest BCUT2D eigenvalue weighted by Crippen LogP contribution is -2.33. The molecule has 0 radical (unpaired) electrons. The molecule has 65 heavy (non-hydrogen) atoms. The van der Waals surface area contributed by atoms with Crippen LogP contribution in [0, 0.1) is 0 Å². The molecule has 0 aliphatic heterocycles. The van der Waals surface area contributed by atoms with E-state index in [4.69, 9.17) is 15.0 Å². The highest BCUT2D eigenvalue weighted by Crippen LogP contribution is 2.49. The van der Waals surface area contributed by atoms with Crippen molar-refractivity contribution < 1.29 is 0 Å². The Labute approximate surface area is 379 Å². The Balaban J connectivity index is 1.03. The number of fused-ring (bicyclic) bond motifs is 7. The van der Waals surface area contributed by atoms with Gasteiger partial charge < -0.3 is 4.57 Å². The first-order valence-corrected chi connectivity index (χ1v) is 22.8. The van der Waals surface area contributed by atoms with Gasteiger partial charge in [-0.3, -0.25) is 0 Å². The van der Waals surface area contributed by atoms with E-state index in [2.05, 4.69) is 220 Å². The number of benzene rings is 9. The Morgan fingerprint density at radius 2 is 0.862 bits per heavy atom. The van der Waals surface area contributed by atoms with Gasteiger partial charge in [0.1, 0.15) is 0 Å². The zero-order valence-corrected chi connectivity index (χ0v) is 37.2. The summed E-state index contributed by atoms with van der Waals surface area (Å²) in [5.74, 6) is 1.89. The molecule has 0 N–H and O–H groups in total. The third-order valence-corrected chi connectivity index (χ3v) is 14.1. The van der Waals surface area contributed by atoms with E-state index in [9.17, 15) is 0 Å². The third-order valence-electron chi connectivity index (χ3n) is 14.1. The van der Waals surface area contributed by atoms with Gasteiger partial charge >= 0.3 is 0 Å². The average molecular weight is 837 g/mol. The SMILES string of the molecule is CC1(C)CCC(C)(C)c2cc3c(cc21)c1ccc2ccccc2c1n3-c1cccc(-c2nc(-c3ccc(-c4ccccc4)cc3)nc(-c3ccc(-c4ccc5ccccc5c4)cc3)n2)c1. The van der Waals surface area contributed by atoms with Gasteiger partial charge in [0.05, 0.1) is 11.0 Å². The first kappa shape index (κ1) is 38.9. The lowest BCUT2D eigenvalue weighted by Gasteiger charge is -2.42. The number of hydrogen-bond acceptors (Lipinski definition) is 3. The maximum atomic E-state index is 5.27. The Hall–Kier alpha value is -7.69. The highest BCUT2D eigenvalue weighted by molar-refractivity contribution is 6.19. The van der Waals surface area contributed by atoms with Crippen molar-refractivity contribution in [1.29, 1.82) is 0 Å². The smallest absolute Gasteiger partial charge is 0.164 e. The molecule has 0 saturated heterocycles. The lowest BCUT2D eigenvalue weighted by atomic mass is 9.63. The summed E-state index contributed by atoms with van der Waals surface area (Å²) in [4.78, 5) is 15.7. The molecule has 0 unspecified atom stereocenters. The summed E-state index contributed by atoms with van der Waals surface area (Å²) in [7, 11) is 0. The van der Waals surface area contributed by atoms with Crippen LogP contribution in [0.5, 0.6) is 0 Å². The van der Waals surface area contributed by atoms with Crippen molar-refractivity contribution in [3.05, 3.63) is 205 Å². The van der Waals surface area contributed by atoms with Gasteiger partial charge in [-0.15, -0.1) is 0 Å². The zero-order valence-electron chi connectivity index (χ0n) is 37.2. The molecule has 0 bridgehead atoms. The minimum absolute atomic E-state index is 0.0644. The fraction of sp³-hybridized carbons (Fsp3) is 0.131. The molecule has 0 atom stereocenters. The molecule has 312 valence electrons. The fourth-order valence-corrected chi connectivity index (χ4v) is 10.3. The van der Waals surface area contributed by atoms with Crippen LogP contribution in [0.4, 0.5) is 0 Å². The third kappa shape index (κ3) is 6.71. The van der Waals surface area contributed by atoms with E-state index < -0.39 is 0 Å². The maximum absolute atomic E-state index is 5.27. The minimum atomic E-state index is 0.0644. The number of aromatic nitrogens is 4. The van der Waals surface area contributed by atoms with Crippen LogP contribution in [0.25, 0.3) is 105 Å². The average Bonchev–Trinajstić information content (AvgIpc) is 3.69. The molecule has 0 fully saturated rings. The van der Waals surface area contributed by atoms with Crippen molar-refractivity contribution >= 4 is 43.4 Å². The Kier molecular flexibility index (Phi) is 8.96. The molecular formula is C61H48N4. The van der Waals surface area contributed by atoms with Crippen LogP contribution >= 0.6 is 0 Å². The molecule has 11 aromatic rings. The van der Waals surface area contributed by atoms with E-state index in [1.165, 1.54) is 72.0 Å². The van der Waals surface area contributed by atoms with Gasteiger partial charge in [-0.2, -0.15) is 0 Å². The van der Waals surface area contributed by atoms with Crippen molar-refractivity contribution in [3.8, 4) is 62.1 Å². The Morgan fingerprint density at radius 3 is 1.55 bits per heavy atom. The van der Waals surface area contributed by atoms with Crippen molar-refractivity contribution in [2.24, 2.45) is 0 Å². The van der Waals surface area contributed by atoms with E-state index in [1.807, 2.05) is 6.07 Å². The molecule has 2 aromatic heterocycles. The second-order valence-corrected chi connectivity index (χ2v) is 19.1. The van der Waals surface area contributed by atoms with Crippen LogP contribution in [0.3, 0.4) is 0 Å². The van der Waals surface area contributed by atoms with Gasteiger partial charge in [-0.05, 0) is 104 Å². The summed E-state index contributed by atoms with van der Waals surface area (Å²) in [6.45, 7) is 9.66. The predicted octanol–water partition coefficient (Wildman–Crippen LogP) is 16.0. The predicted molar refractivity (Wildman–Crippen MR) is 272 cm³/mol. The molecular weight excluding hydrogens is 789 g/mol. The lowest BCUT2D eigenvalue weighted by molar-refractivity contribution is 0.332. The van der Waals surface area contributed by atoms with Crippen molar-refractivity contribution in [2.45, 2.75) is 51.4 Å². The normalized spacial score (nSPS) is 14.3. The summed E-state index contributed by atoms with van der Waals surface area (Å²) in [5, 5.41) is 7.47. The number of rotatable bonds is 6. The van der Waals surface area contributed by atoms with E-state index in [0.717, 1.165) is 39.9 Å². The zero-order chi connectivity index (χ0) is 43.9. The molecule has 4 nitrogen and oxygen atoms in total. The van der Waals surface area contributed by atoms with Gasteiger partial charge in [0, 0.05) is 38.5 Å². The molecule has 1 aliphatic carbocycles. The van der Waals surface area contributed by atoms with Crippen LogP contribution in [0.15, 0.2) is 194 Å². The molecule has 9 aromatic carbocycles. The van der Waals surface area contributed by atoms with E-state index >= 15 is 0 Å². The summed E-state index contributed by atoms with van der Waals surface area (Å²) in [6.07, 6.45) is 2.33. The van der Waals surface area contributed by atoms with Crippen molar-refractivity contribution in [2.75, 3.05) is 0 Å². The number of hydrogen-bond donors (Lipinski definition) is 0. The number of nitrogens with zero attached hydrogens (tertiary/aromatic N) is 4. The fourth-order valence-electron chi connectivity index (χ4n) is 10.3. The van der Waals surface area contributed by atoms with Crippen LogP contribution in [0.1, 0.15) is 51.7 Å². The Morgan fingerprint density at radius 1 is 0.354 bits per heavy atom. The summed E-state index contributed by atoms with van der Waals surface area (Å²) >= 11 is 0. The summed E-state index contributed by atoms with van der Waals surface area (Å²) < 4.78 is 2.49. The van der Waals surface area contributed by atoms with E-state index in [-0.39, 0.29) is 10.8 Å². The van der Waals surface area contributed by atoms with Gasteiger partial charge in [-0.25, -0.2) is 15.0 Å². The second kappa shape index (κ2) is 15.0. The molecule has 4 heteroatoms. The largest absolute Gasteiger partial charge is 0.309 e. The summed E-state index contributed by atoms with van der Waals surface area (Å²) in [6, 6.07) is 70.0. The van der Waals surface area contributed by atoms with Gasteiger partial charge in [0.25, 0.3) is 0 Å². The highest BCUT2D eigenvalue weighted by Gasteiger charge is 2.38. The first-order chi connectivity index (χ1) is 31.7. The van der Waals surface area contributed by atoms with Crippen LogP contribution in [0.2, 0.25) is 0 Å². The second-order valence-electron chi connectivity index (χ2n) is 19.1. The van der Waals surface area contributed by atoms with Gasteiger partial charge in [0.15, 0.2) is 17.5 Å². The topological polar surface area (TPSA) is 43.6 Å². The molecule has 2 heterocycles. The van der Waals surface area contributed by atoms with Gasteiger partial charge in [0.2, 0.25) is 0 Å². The quantitative estimate of drug-likeness (QED) is 0.168. The Bertz CT molecular complexity index is 3630.